The first-order valence-corrected chi connectivity index (χ1v) is 6.24. The van der Waals surface area contributed by atoms with Crippen LogP contribution in [0.4, 0.5) is 0 Å². The van der Waals surface area contributed by atoms with E-state index in [0.29, 0.717) is 18.4 Å². The zero-order chi connectivity index (χ0) is 13.2. The number of furan rings is 1. The molecule has 0 aliphatic heterocycles. The van der Waals surface area contributed by atoms with E-state index in [2.05, 4.69) is 9.97 Å². The highest BCUT2D eigenvalue weighted by molar-refractivity contribution is 6.07. The van der Waals surface area contributed by atoms with Gasteiger partial charge in [-0.15, -0.1) is 0 Å². The lowest BCUT2D eigenvalue weighted by molar-refractivity contribution is 0.0983. The smallest absolute Gasteiger partial charge is 0.167 e. The first kappa shape index (κ1) is 11.7. The molecule has 2 aromatic heterocycles. The Morgan fingerprint density at radius 3 is 3.00 bits per heavy atom. The maximum Gasteiger partial charge on any atom is 0.167 e. The number of imidazole rings is 1. The van der Waals surface area contributed by atoms with Gasteiger partial charge in [0, 0.05) is 17.5 Å². The first-order chi connectivity index (χ1) is 9.25. The Morgan fingerprint density at radius 2 is 2.21 bits per heavy atom. The molecule has 19 heavy (non-hydrogen) atoms. The highest BCUT2D eigenvalue weighted by atomic mass is 16.3. The second-order valence-corrected chi connectivity index (χ2v) is 4.54. The van der Waals surface area contributed by atoms with Gasteiger partial charge >= 0.3 is 0 Å². The molecule has 2 heterocycles. The number of carbonyl (C=O) groups is 1. The SMILES string of the molecule is Cc1[nH]cnc1CCC(=O)c1coc2ccccc12. The summed E-state index contributed by atoms with van der Waals surface area (Å²) in [6, 6.07) is 7.58. The Morgan fingerprint density at radius 1 is 1.37 bits per heavy atom. The molecule has 3 rings (SSSR count). The highest BCUT2D eigenvalue weighted by Gasteiger charge is 2.14. The van der Waals surface area contributed by atoms with E-state index in [9.17, 15) is 4.79 Å². The van der Waals surface area contributed by atoms with Crippen molar-refractivity contribution in [3.05, 3.63) is 53.8 Å². The van der Waals surface area contributed by atoms with Gasteiger partial charge < -0.3 is 9.40 Å². The summed E-state index contributed by atoms with van der Waals surface area (Å²) in [5.74, 6) is 0.0901. The molecule has 0 spiro atoms. The Labute approximate surface area is 110 Å². The van der Waals surface area contributed by atoms with Crippen LogP contribution in [0.15, 0.2) is 41.3 Å². The van der Waals surface area contributed by atoms with Crippen LogP contribution in [-0.4, -0.2) is 15.8 Å². The third-order valence-electron chi connectivity index (χ3n) is 3.30. The summed E-state index contributed by atoms with van der Waals surface area (Å²) in [6.45, 7) is 1.96. The number of fused-ring (bicyclic) bond motifs is 1. The van der Waals surface area contributed by atoms with Gasteiger partial charge in [-0.1, -0.05) is 18.2 Å². The van der Waals surface area contributed by atoms with Crippen molar-refractivity contribution in [3.63, 3.8) is 0 Å². The van der Waals surface area contributed by atoms with Crippen molar-refractivity contribution in [3.8, 4) is 0 Å². The monoisotopic (exact) mass is 254 g/mol. The van der Waals surface area contributed by atoms with Gasteiger partial charge in [0.25, 0.3) is 0 Å². The van der Waals surface area contributed by atoms with Crippen molar-refractivity contribution in [2.75, 3.05) is 0 Å². The van der Waals surface area contributed by atoms with Crippen LogP contribution in [0.25, 0.3) is 11.0 Å². The lowest BCUT2D eigenvalue weighted by Crippen LogP contribution is -2.01. The standard InChI is InChI=1S/C15H14N2O2/c1-10-13(17-9-16-10)6-7-14(18)12-8-19-15-5-3-2-4-11(12)15/h2-5,8-9H,6-7H2,1H3,(H,16,17). The molecule has 3 aromatic rings. The molecular formula is C15H14N2O2. The molecule has 0 amide bonds. The molecule has 1 N–H and O–H groups in total. The summed E-state index contributed by atoms with van der Waals surface area (Å²) in [7, 11) is 0. The molecular weight excluding hydrogens is 240 g/mol. The minimum Gasteiger partial charge on any atom is -0.464 e. The van der Waals surface area contributed by atoms with Crippen LogP contribution in [0.1, 0.15) is 28.2 Å². The Kier molecular flexibility index (Phi) is 2.91. The largest absolute Gasteiger partial charge is 0.464 e. The van der Waals surface area contributed by atoms with Crippen LogP contribution < -0.4 is 0 Å². The second-order valence-electron chi connectivity index (χ2n) is 4.54. The molecule has 0 bridgehead atoms. The summed E-state index contributed by atoms with van der Waals surface area (Å²) in [5.41, 5.74) is 3.37. The molecule has 0 saturated heterocycles. The van der Waals surface area contributed by atoms with Crippen molar-refractivity contribution < 1.29 is 9.21 Å². The summed E-state index contributed by atoms with van der Waals surface area (Å²) < 4.78 is 5.39. The van der Waals surface area contributed by atoms with Gasteiger partial charge in [-0.2, -0.15) is 0 Å². The number of hydrogen-bond acceptors (Lipinski definition) is 3. The molecule has 0 aliphatic carbocycles. The zero-order valence-corrected chi connectivity index (χ0v) is 10.6. The van der Waals surface area contributed by atoms with E-state index >= 15 is 0 Å². The van der Waals surface area contributed by atoms with Gasteiger partial charge in [0.15, 0.2) is 5.78 Å². The number of Topliss-reactive ketones (excluding diaryl/α,β-unsaturated/α-hetero) is 1. The van der Waals surface area contributed by atoms with Crippen molar-refractivity contribution in [1.29, 1.82) is 0 Å². The average Bonchev–Trinajstić information content (AvgIpc) is 3.02. The van der Waals surface area contributed by atoms with Crippen LogP contribution in [0.5, 0.6) is 0 Å². The summed E-state index contributed by atoms with van der Waals surface area (Å²) in [4.78, 5) is 19.4. The maximum absolute atomic E-state index is 12.2. The predicted octanol–water partition coefficient (Wildman–Crippen LogP) is 3.28. The molecule has 0 aliphatic rings. The number of aromatic nitrogens is 2. The lowest BCUT2D eigenvalue weighted by atomic mass is 10.0. The molecule has 0 saturated carbocycles. The average molecular weight is 254 g/mol. The molecule has 4 nitrogen and oxygen atoms in total. The minimum absolute atomic E-state index is 0.0901. The normalized spacial score (nSPS) is 11.0. The quantitative estimate of drug-likeness (QED) is 0.727. The Bertz CT molecular complexity index is 724. The van der Waals surface area contributed by atoms with Crippen molar-refractivity contribution in [1.82, 2.24) is 9.97 Å². The van der Waals surface area contributed by atoms with Crippen LogP contribution >= 0.6 is 0 Å². The van der Waals surface area contributed by atoms with Crippen molar-refractivity contribution in [2.45, 2.75) is 19.8 Å². The second kappa shape index (κ2) is 4.72. The van der Waals surface area contributed by atoms with E-state index in [1.54, 1.807) is 12.6 Å². The Hall–Kier alpha value is -2.36. The number of hydrogen-bond donors (Lipinski definition) is 1. The number of H-pyrrole nitrogens is 1. The number of para-hydroxylation sites is 1. The van der Waals surface area contributed by atoms with E-state index in [1.807, 2.05) is 31.2 Å². The fourth-order valence-electron chi connectivity index (χ4n) is 2.20. The molecule has 0 unspecified atom stereocenters. The molecule has 96 valence electrons. The van der Waals surface area contributed by atoms with Crippen LogP contribution in [0.2, 0.25) is 0 Å². The van der Waals surface area contributed by atoms with E-state index in [0.717, 1.165) is 22.4 Å². The van der Waals surface area contributed by atoms with Crippen molar-refractivity contribution >= 4 is 16.8 Å². The maximum atomic E-state index is 12.2. The summed E-state index contributed by atoms with van der Waals surface area (Å²) in [6.07, 6.45) is 4.29. The predicted molar refractivity (Wildman–Crippen MR) is 72.2 cm³/mol. The Balaban J connectivity index is 1.79. The number of aryl methyl sites for hydroxylation is 2. The van der Waals surface area contributed by atoms with Gasteiger partial charge in [-0.05, 0) is 19.4 Å². The van der Waals surface area contributed by atoms with Gasteiger partial charge in [-0.25, -0.2) is 4.98 Å². The van der Waals surface area contributed by atoms with E-state index < -0.39 is 0 Å². The van der Waals surface area contributed by atoms with E-state index in [1.165, 1.54) is 0 Å². The van der Waals surface area contributed by atoms with Crippen LogP contribution in [0.3, 0.4) is 0 Å². The number of nitrogens with one attached hydrogen (secondary N) is 1. The molecule has 4 heteroatoms. The number of carbonyl (C=O) groups excluding carboxylic acids is 1. The van der Waals surface area contributed by atoms with Crippen molar-refractivity contribution in [2.24, 2.45) is 0 Å². The number of rotatable bonds is 4. The van der Waals surface area contributed by atoms with Gasteiger partial charge in [0.05, 0.1) is 17.6 Å². The van der Waals surface area contributed by atoms with Gasteiger partial charge in [0.2, 0.25) is 0 Å². The molecule has 0 atom stereocenters. The number of nitrogens with zero attached hydrogens (tertiary/aromatic N) is 1. The number of benzene rings is 1. The summed E-state index contributed by atoms with van der Waals surface area (Å²) in [5, 5.41) is 0.881. The zero-order valence-electron chi connectivity index (χ0n) is 10.6. The first-order valence-electron chi connectivity index (χ1n) is 6.24. The third kappa shape index (κ3) is 2.17. The highest BCUT2D eigenvalue weighted by Crippen LogP contribution is 2.22. The van der Waals surface area contributed by atoms with E-state index in [-0.39, 0.29) is 5.78 Å². The van der Waals surface area contributed by atoms with Gasteiger partial charge in [0.1, 0.15) is 11.8 Å². The fourth-order valence-corrected chi connectivity index (χ4v) is 2.20. The number of ketones is 1. The fraction of sp³-hybridized carbons (Fsp3) is 0.200. The lowest BCUT2D eigenvalue weighted by Gasteiger charge is -1.98. The minimum atomic E-state index is 0.0901. The number of aromatic amines is 1. The molecule has 0 radical (unpaired) electrons. The van der Waals surface area contributed by atoms with Gasteiger partial charge in [-0.3, -0.25) is 4.79 Å². The molecule has 0 fully saturated rings. The van der Waals surface area contributed by atoms with E-state index in [4.69, 9.17) is 4.42 Å². The third-order valence-corrected chi connectivity index (χ3v) is 3.30. The van der Waals surface area contributed by atoms with Crippen LogP contribution in [-0.2, 0) is 6.42 Å². The topological polar surface area (TPSA) is 58.9 Å². The molecule has 1 aromatic carbocycles. The van der Waals surface area contributed by atoms with Crippen LogP contribution in [0, 0.1) is 6.92 Å². The summed E-state index contributed by atoms with van der Waals surface area (Å²) >= 11 is 0.